The molecule has 0 aliphatic carbocycles. The Morgan fingerprint density at radius 3 is 2.68 bits per heavy atom. The first-order valence-electron chi connectivity index (χ1n) is 11.5. The van der Waals surface area contributed by atoms with Crippen molar-refractivity contribution in [2.75, 3.05) is 19.7 Å². The third kappa shape index (κ3) is 4.76. The van der Waals surface area contributed by atoms with Gasteiger partial charge in [-0.15, -0.1) is 0 Å². The monoisotopic (exact) mass is 467 g/mol. The van der Waals surface area contributed by atoms with Crippen molar-refractivity contribution in [3.8, 4) is 11.1 Å². The molecular weight excluding hydrogens is 437 g/mol. The summed E-state index contributed by atoms with van der Waals surface area (Å²) in [4.78, 5) is 31.4. The van der Waals surface area contributed by atoms with Gasteiger partial charge in [-0.1, -0.05) is 6.07 Å². The summed E-state index contributed by atoms with van der Waals surface area (Å²) in [6, 6.07) is 6.16. The number of aryl methyl sites for hydroxylation is 1. The van der Waals surface area contributed by atoms with E-state index in [0.29, 0.717) is 18.7 Å². The maximum atomic E-state index is 14.1. The minimum absolute atomic E-state index is 0.0870. The van der Waals surface area contributed by atoms with E-state index in [1.807, 2.05) is 44.4 Å². The zero-order chi connectivity index (χ0) is 24.6. The van der Waals surface area contributed by atoms with Crippen molar-refractivity contribution in [2.45, 2.75) is 52.6 Å². The van der Waals surface area contributed by atoms with Crippen LogP contribution < -0.4 is 0 Å². The van der Waals surface area contributed by atoms with Gasteiger partial charge >= 0.3 is 12.1 Å². The number of carbonyl (C=O) groups is 2. The van der Waals surface area contributed by atoms with E-state index in [4.69, 9.17) is 9.47 Å². The summed E-state index contributed by atoms with van der Waals surface area (Å²) in [7, 11) is 0. The van der Waals surface area contributed by atoms with Crippen molar-refractivity contribution in [1.82, 2.24) is 14.3 Å². The molecule has 0 N–H and O–H groups in total. The van der Waals surface area contributed by atoms with Gasteiger partial charge in [-0.05, 0) is 70.4 Å². The first kappa shape index (κ1) is 23.7. The fourth-order valence-corrected chi connectivity index (χ4v) is 4.34. The van der Waals surface area contributed by atoms with Crippen molar-refractivity contribution in [3.05, 3.63) is 59.4 Å². The van der Waals surface area contributed by atoms with Gasteiger partial charge in [0, 0.05) is 30.8 Å². The number of hydrogen-bond acceptors (Lipinski definition) is 5. The lowest BCUT2D eigenvalue weighted by Crippen LogP contribution is -2.35. The number of halogens is 1. The molecule has 1 saturated heterocycles. The molecule has 0 spiro atoms. The van der Waals surface area contributed by atoms with Crippen LogP contribution in [0.2, 0.25) is 0 Å². The van der Waals surface area contributed by atoms with E-state index in [1.54, 1.807) is 24.1 Å². The second-order valence-corrected chi connectivity index (χ2v) is 9.57. The van der Waals surface area contributed by atoms with Crippen LogP contribution in [0.4, 0.5) is 9.18 Å². The molecule has 8 heteroatoms. The van der Waals surface area contributed by atoms with Crippen LogP contribution in [-0.4, -0.2) is 51.6 Å². The SMILES string of the molecule is CCOC(=O)c1cc(F)ccc1-c1cc(C2CCN(C(=O)OC(C)(C)C)C2)cn2c(C)ncc12. The second-order valence-electron chi connectivity index (χ2n) is 9.57. The third-order valence-corrected chi connectivity index (χ3v) is 5.93. The van der Waals surface area contributed by atoms with E-state index < -0.39 is 17.4 Å². The van der Waals surface area contributed by atoms with Crippen molar-refractivity contribution in [1.29, 1.82) is 0 Å². The number of rotatable bonds is 4. The van der Waals surface area contributed by atoms with Gasteiger partial charge in [-0.2, -0.15) is 0 Å². The van der Waals surface area contributed by atoms with E-state index >= 15 is 0 Å². The zero-order valence-corrected chi connectivity index (χ0v) is 20.2. The van der Waals surface area contributed by atoms with E-state index in [2.05, 4.69) is 4.98 Å². The number of amides is 1. The summed E-state index contributed by atoms with van der Waals surface area (Å²) in [5.41, 5.74) is 2.77. The largest absolute Gasteiger partial charge is 0.462 e. The molecule has 1 aliphatic rings. The summed E-state index contributed by atoms with van der Waals surface area (Å²) >= 11 is 0. The number of fused-ring (bicyclic) bond motifs is 1. The number of likely N-dealkylation sites (tertiary alicyclic amines) is 1. The average molecular weight is 468 g/mol. The van der Waals surface area contributed by atoms with E-state index in [-0.39, 0.29) is 24.2 Å². The number of carbonyl (C=O) groups excluding carboxylic acids is 2. The van der Waals surface area contributed by atoms with Crippen molar-refractivity contribution < 1.29 is 23.5 Å². The Morgan fingerprint density at radius 1 is 1.21 bits per heavy atom. The number of aromatic nitrogens is 2. The molecule has 4 rings (SSSR count). The summed E-state index contributed by atoms with van der Waals surface area (Å²) in [6.45, 7) is 10.5. The van der Waals surface area contributed by atoms with Crippen LogP contribution in [0, 0.1) is 12.7 Å². The molecule has 3 heterocycles. The smallest absolute Gasteiger partial charge is 0.410 e. The highest BCUT2D eigenvalue weighted by Gasteiger charge is 2.31. The lowest BCUT2D eigenvalue weighted by atomic mass is 9.93. The molecule has 180 valence electrons. The number of imidazole rings is 1. The molecule has 1 unspecified atom stereocenters. The van der Waals surface area contributed by atoms with Crippen LogP contribution in [0.3, 0.4) is 0 Å². The Kier molecular flexibility index (Phi) is 6.34. The maximum Gasteiger partial charge on any atom is 0.410 e. The molecule has 0 bridgehead atoms. The number of esters is 1. The van der Waals surface area contributed by atoms with Gasteiger partial charge < -0.3 is 18.8 Å². The summed E-state index contributed by atoms with van der Waals surface area (Å²) in [5, 5.41) is 0. The van der Waals surface area contributed by atoms with Gasteiger partial charge in [0.1, 0.15) is 17.2 Å². The molecule has 34 heavy (non-hydrogen) atoms. The topological polar surface area (TPSA) is 73.1 Å². The molecule has 3 aromatic rings. The van der Waals surface area contributed by atoms with E-state index in [1.165, 1.54) is 12.1 Å². The van der Waals surface area contributed by atoms with Gasteiger partial charge in [0.2, 0.25) is 0 Å². The number of pyridine rings is 1. The van der Waals surface area contributed by atoms with Crippen LogP contribution in [0.15, 0.2) is 36.7 Å². The first-order chi connectivity index (χ1) is 16.1. The lowest BCUT2D eigenvalue weighted by Gasteiger charge is -2.24. The second kappa shape index (κ2) is 9.08. The Morgan fingerprint density at radius 2 is 1.97 bits per heavy atom. The Balaban J connectivity index is 1.76. The predicted molar refractivity (Wildman–Crippen MR) is 126 cm³/mol. The third-order valence-electron chi connectivity index (χ3n) is 5.93. The van der Waals surface area contributed by atoms with Crippen LogP contribution in [-0.2, 0) is 9.47 Å². The number of hydrogen-bond donors (Lipinski definition) is 0. The van der Waals surface area contributed by atoms with Crippen LogP contribution in [0.5, 0.6) is 0 Å². The standard InChI is InChI=1S/C26H30FN3O4/c1-6-33-24(31)22-12-19(27)7-8-20(22)21-11-18(15-30-16(2)28-13-23(21)30)17-9-10-29(14-17)25(32)34-26(3,4)5/h7-8,11-13,15,17H,6,9-10,14H2,1-5H3. The van der Waals surface area contributed by atoms with Gasteiger partial charge in [0.15, 0.2) is 0 Å². The number of benzene rings is 1. The molecular formula is C26H30FN3O4. The highest BCUT2D eigenvalue weighted by atomic mass is 19.1. The van der Waals surface area contributed by atoms with Crippen LogP contribution in [0.1, 0.15) is 61.8 Å². The molecule has 1 aromatic carbocycles. The van der Waals surface area contributed by atoms with Gasteiger partial charge in [-0.25, -0.2) is 19.0 Å². The van der Waals surface area contributed by atoms with Crippen molar-refractivity contribution in [3.63, 3.8) is 0 Å². The highest BCUT2D eigenvalue weighted by Crippen LogP contribution is 2.35. The summed E-state index contributed by atoms with van der Waals surface area (Å²) < 4.78 is 26.8. The van der Waals surface area contributed by atoms with Crippen LogP contribution in [0.25, 0.3) is 16.6 Å². The zero-order valence-electron chi connectivity index (χ0n) is 20.2. The van der Waals surface area contributed by atoms with Crippen molar-refractivity contribution in [2.24, 2.45) is 0 Å². The van der Waals surface area contributed by atoms with E-state index in [0.717, 1.165) is 28.9 Å². The van der Waals surface area contributed by atoms with Crippen LogP contribution >= 0.6 is 0 Å². The fraction of sp³-hybridized carbons (Fsp3) is 0.423. The van der Waals surface area contributed by atoms with E-state index in [9.17, 15) is 14.0 Å². The molecule has 1 atom stereocenters. The quantitative estimate of drug-likeness (QED) is 0.484. The molecule has 0 radical (unpaired) electrons. The molecule has 1 amide bonds. The molecule has 0 saturated carbocycles. The molecule has 7 nitrogen and oxygen atoms in total. The Bertz CT molecular complexity index is 1240. The minimum Gasteiger partial charge on any atom is -0.462 e. The number of ether oxygens (including phenoxy) is 2. The number of nitrogens with zero attached hydrogens (tertiary/aromatic N) is 3. The molecule has 1 aliphatic heterocycles. The average Bonchev–Trinajstić information content (AvgIpc) is 3.40. The molecule has 1 fully saturated rings. The normalized spacial score (nSPS) is 16.2. The predicted octanol–water partition coefficient (Wildman–Crippen LogP) is 5.35. The minimum atomic E-state index is -0.575. The Labute approximate surface area is 198 Å². The summed E-state index contributed by atoms with van der Waals surface area (Å²) in [6.07, 6.45) is 4.23. The molecule has 2 aromatic heterocycles. The maximum absolute atomic E-state index is 14.1. The lowest BCUT2D eigenvalue weighted by molar-refractivity contribution is 0.0292. The van der Waals surface area contributed by atoms with Gasteiger partial charge in [-0.3, -0.25) is 0 Å². The Hall–Kier alpha value is -3.42. The van der Waals surface area contributed by atoms with Gasteiger partial charge in [0.25, 0.3) is 0 Å². The fourth-order valence-electron chi connectivity index (χ4n) is 4.34. The highest BCUT2D eigenvalue weighted by molar-refractivity contribution is 6.00. The van der Waals surface area contributed by atoms with Crippen molar-refractivity contribution >= 4 is 17.6 Å². The first-order valence-corrected chi connectivity index (χ1v) is 11.5. The van der Waals surface area contributed by atoms with Gasteiger partial charge in [0.05, 0.1) is 23.9 Å². The summed E-state index contributed by atoms with van der Waals surface area (Å²) in [5.74, 6) is -0.204.